The molecule has 2 fully saturated rings. The van der Waals surface area contributed by atoms with Crippen LogP contribution >= 0.6 is 0 Å². The van der Waals surface area contributed by atoms with Crippen LogP contribution in [-0.2, 0) is 22.1 Å². The lowest BCUT2D eigenvalue weighted by Crippen LogP contribution is -2.62. The minimum absolute atomic E-state index is 0.0789. The third-order valence-corrected chi connectivity index (χ3v) is 6.16. The molecule has 32 heavy (non-hydrogen) atoms. The first-order valence-corrected chi connectivity index (χ1v) is 10.6. The molecule has 0 aromatic carbocycles. The summed E-state index contributed by atoms with van der Waals surface area (Å²) in [4.78, 5) is 24.4. The first-order chi connectivity index (χ1) is 15.2. The Morgan fingerprint density at radius 1 is 1.25 bits per heavy atom. The van der Waals surface area contributed by atoms with Crippen molar-refractivity contribution >= 4 is 17.4 Å². The zero-order chi connectivity index (χ0) is 22.9. The van der Waals surface area contributed by atoms with Crippen LogP contribution in [0.5, 0.6) is 0 Å². The van der Waals surface area contributed by atoms with Gasteiger partial charge in [-0.25, -0.2) is 4.98 Å². The molecule has 1 amide bonds. The van der Waals surface area contributed by atoms with Gasteiger partial charge in [-0.15, -0.1) is 0 Å². The summed E-state index contributed by atoms with van der Waals surface area (Å²) >= 11 is 0. The van der Waals surface area contributed by atoms with E-state index >= 15 is 0 Å². The maximum absolute atomic E-state index is 13.5. The van der Waals surface area contributed by atoms with Crippen LogP contribution in [0.1, 0.15) is 31.0 Å². The molecule has 4 heterocycles. The van der Waals surface area contributed by atoms with Gasteiger partial charge in [-0.3, -0.25) is 9.78 Å². The molecule has 0 radical (unpaired) electrons. The van der Waals surface area contributed by atoms with Gasteiger partial charge in [-0.05, 0) is 38.0 Å². The number of nitrogen functional groups attached to an aromatic ring is 1. The maximum atomic E-state index is 13.5. The predicted octanol–water partition coefficient (Wildman–Crippen LogP) is 2.91. The normalized spacial score (nSPS) is 21.8. The van der Waals surface area contributed by atoms with Crippen molar-refractivity contribution in [2.24, 2.45) is 0 Å². The van der Waals surface area contributed by atoms with Gasteiger partial charge in [0.15, 0.2) is 0 Å². The number of amides is 1. The van der Waals surface area contributed by atoms with Crippen LogP contribution in [0.15, 0.2) is 36.7 Å². The second kappa shape index (κ2) is 8.67. The Morgan fingerprint density at radius 2 is 2.00 bits per heavy atom. The number of piperidine rings is 1. The number of morpholine rings is 1. The fraction of sp³-hybridized carbons (Fsp3) is 0.500. The van der Waals surface area contributed by atoms with E-state index in [-0.39, 0.29) is 12.2 Å². The highest BCUT2D eigenvalue weighted by Gasteiger charge is 2.47. The first-order valence-electron chi connectivity index (χ1n) is 10.6. The molecule has 2 aliphatic rings. The number of hydrogen-bond acceptors (Lipinski definition) is 6. The number of aromatic nitrogens is 2. The van der Waals surface area contributed by atoms with Gasteiger partial charge in [0, 0.05) is 37.9 Å². The molecule has 2 aromatic rings. The number of nitrogens with zero attached hydrogens (tertiary/aromatic N) is 4. The SMILES string of the molecule is CC1OC2(CCN(CCc3cccc(N)n3)CC2)CN(c2cnccc2C(F)(F)F)C1=O. The van der Waals surface area contributed by atoms with Crippen molar-refractivity contribution in [2.75, 3.05) is 36.8 Å². The minimum atomic E-state index is -4.58. The Kier molecular flexibility index (Phi) is 6.09. The van der Waals surface area contributed by atoms with Crippen molar-refractivity contribution < 1.29 is 22.7 Å². The zero-order valence-corrected chi connectivity index (χ0v) is 17.8. The van der Waals surface area contributed by atoms with Crippen molar-refractivity contribution in [1.29, 1.82) is 0 Å². The monoisotopic (exact) mass is 449 g/mol. The van der Waals surface area contributed by atoms with Crippen LogP contribution in [0.2, 0.25) is 0 Å². The number of nitrogens with two attached hydrogens (primary N) is 1. The molecule has 1 spiro atoms. The lowest BCUT2D eigenvalue weighted by Gasteiger charge is -2.49. The number of anilines is 2. The molecular formula is C22H26F3N5O2. The molecule has 0 saturated carbocycles. The van der Waals surface area contributed by atoms with Crippen LogP contribution in [0.25, 0.3) is 0 Å². The van der Waals surface area contributed by atoms with Crippen LogP contribution in [0, 0.1) is 0 Å². The van der Waals surface area contributed by atoms with Crippen LogP contribution in [0.4, 0.5) is 24.7 Å². The second-order valence-electron chi connectivity index (χ2n) is 8.40. The number of alkyl halides is 3. The summed E-state index contributed by atoms with van der Waals surface area (Å²) in [7, 11) is 0. The van der Waals surface area contributed by atoms with E-state index in [0.29, 0.717) is 18.7 Å². The predicted molar refractivity (Wildman–Crippen MR) is 113 cm³/mol. The molecule has 2 aliphatic heterocycles. The molecule has 2 aromatic heterocycles. The van der Waals surface area contributed by atoms with Crippen LogP contribution in [0.3, 0.4) is 0 Å². The fourth-order valence-electron chi connectivity index (χ4n) is 4.46. The standard InChI is InChI=1S/C22H26F3N5O2/c1-15-20(31)30(18-13-27-9-5-17(18)22(23,24)25)14-21(32-15)7-11-29(12-8-21)10-6-16-3-2-4-19(26)28-16/h2-5,9,13,15H,6-8,10-12,14H2,1H3,(H2,26,28). The van der Waals surface area contributed by atoms with Gasteiger partial charge >= 0.3 is 6.18 Å². The average molecular weight is 449 g/mol. The zero-order valence-electron chi connectivity index (χ0n) is 17.8. The Morgan fingerprint density at radius 3 is 2.69 bits per heavy atom. The Hall–Kier alpha value is -2.72. The van der Waals surface area contributed by atoms with Gasteiger partial charge in [0.05, 0.1) is 29.6 Å². The van der Waals surface area contributed by atoms with Crippen LogP contribution < -0.4 is 10.6 Å². The fourth-order valence-corrected chi connectivity index (χ4v) is 4.46. The Labute approximate surface area is 184 Å². The number of rotatable bonds is 4. The van der Waals surface area contributed by atoms with E-state index in [0.717, 1.165) is 50.2 Å². The Balaban J connectivity index is 1.45. The number of likely N-dealkylation sites (tertiary alicyclic amines) is 1. The molecule has 172 valence electrons. The highest BCUT2D eigenvalue weighted by atomic mass is 19.4. The van der Waals surface area contributed by atoms with Crippen molar-refractivity contribution in [3.8, 4) is 0 Å². The van der Waals surface area contributed by atoms with E-state index in [1.807, 2.05) is 12.1 Å². The molecule has 10 heteroatoms. The minimum Gasteiger partial charge on any atom is -0.384 e. The summed E-state index contributed by atoms with van der Waals surface area (Å²) in [5, 5.41) is 0. The summed E-state index contributed by atoms with van der Waals surface area (Å²) < 4.78 is 46.7. The molecule has 0 bridgehead atoms. The summed E-state index contributed by atoms with van der Waals surface area (Å²) in [6.07, 6.45) is -1.21. The first kappa shape index (κ1) is 22.5. The van der Waals surface area contributed by atoms with Gasteiger partial charge in [0.25, 0.3) is 5.91 Å². The molecule has 4 rings (SSSR count). The summed E-state index contributed by atoms with van der Waals surface area (Å²) in [5.41, 5.74) is 4.89. The molecule has 0 aliphatic carbocycles. The van der Waals surface area contributed by atoms with Gasteiger partial charge < -0.3 is 20.3 Å². The van der Waals surface area contributed by atoms with E-state index in [1.165, 1.54) is 4.90 Å². The lowest BCUT2D eigenvalue weighted by atomic mass is 9.88. The number of hydrogen-bond donors (Lipinski definition) is 1. The number of ether oxygens (including phenoxy) is 1. The molecule has 2 N–H and O–H groups in total. The van der Waals surface area contributed by atoms with Crippen LogP contribution in [-0.4, -0.2) is 58.7 Å². The van der Waals surface area contributed by atoms with Crippen molar-refractivity contribution in [2.45, 2.75) is 44.1 Å². The smallest absolute Gasteiger partial charge is 0.384 e. The second-order valence-corrected chi connectivity index (χ2v) is 8.40. The van der Waals surface area contributed by atoms with Crippen molar-refractivity contribution in [3.63, 3.8) is 0 Å². The average Bonchev–Trinajstić information content (AvgIpc) is 2.76. The number of carbonyl (C=O) groups excluding carboxylic acids is 1. The van der Waals surface area contributed by atoms with Gasteiger partial charge in [0.1, 0.15) is 11.9 Å². The molecular weight excluding hydrogens is 423 g/mol. The van der Waals surface area contributed by atoms with Crippen molar-refractivity contribution in [1.82, 2.24) is 14.9 Å². The number of halogens is 3. The Bertz CT molecular complexity index is 976. The van der Waals surface area contributed by atoms with E-state index < -0.39 is 29.4 Å². The highest BCUT2D eigenvalue weighted by molar-refractivity contribution is 5.97. The molecule has 1 atom stereocenters. The quantitative estimate of drug-likeness (QED) is 0.773. The van der Waals surface area contributed by atoms with E-state index in [9.17, 15) is 18.0 Å². The topological polar surface area (TPSA) is 84.6 Å². The van der Waals surface area contributed by atoms with Gasteiger partial charge in [-0.1, -0.05) is 6.07 Å². The van der Waals surface area contributed by atoms with E-state index in [2.05, 4.69) is 14.9 Å². The highest BCUT2D eigenvalue weighted by Crippen LogP contribution is 2.40. The van der Waals surface area contributed by atoms with Crippen molar-refractivity contribution in [3.05, 3.63) is 47.9 Å². The molecule has 1 unspecified atom stereocenters. The largest absolute Gasteiger partial charge is 0.418 e. The third kappa shape index (κ3) is 4.71. The number of carbonyl (C=O) groups is 1. The van der Waals surface area contributed by atoms with E-state index in [4.69, 9.17) is 10.5 Å². The van der Waals surface area contributed by atoms with E-state index in [1.54, 1.807) is 13.0 Å². The van der Waals surface area contributed by atoms with Gasteiger partial charge in [0.2, 0.25) is 0 Å². The van der Waals surface area contributed by atoms with Gasteiger partial charge in [-0.2, -0.15) is 13.2 Å². The number of pyridine rings is 2. The summed E-state index contributed by atoms with van der Waals surface area (Å²) in [6, 6.07) is 6.46. The molecule has 7 nitrogen and oxygen atoms in total. The maximum Gasteiger partial charge on any atom is 0.418 e. The molecule has 2 saturated heterocycles. The summed E-state index contributed by atoms with van der Waals surface area (Å²) in [5.74, 6) is 0.00683. The lowest BCUT2D eigenvalue weighted by molar-refractivity contribution is -0.162. The summed E-state index contributed by atoms with van der Waals surface area (Å²) in [6.45, 7) is 3.91. The third-order valence-electron chi connectivity index (χ3n) is 6.16.